The van der Waals surface area contributed by atoms with Gasteiger partial charge in [0.15, 0.2) is 0 Å². The smallest absolute Gasteiger partial charge is 0.239 e. The second-order valence-corrected chi connectivity index (χ2v) is 8.54. The third-order valence-electron chi connectivity index (χ3n) is 5.74. The maximum atomic E-state index is 11.9. The Labute approximate surface area is 168 Å². The summed E-state index contributed by atoms with van der Waals surface area (Å²) in [4.78, 5) is 11.9. The molecule has 1 amide bonds. The zero-order valence-corrected chi connectivity index (χ0v) is 18.1. The Morgan fingerprint density at radius 1 is 1.07 bits per heavy atom. The molecule has 0 aliphatic rings. The fourth-order valence-electron chi connectivity index (χ4n) is 2.87. The molecule has 1 aromatic heterocycles. The summed E-state index contributed by atoms with van der Waals surface area (Å²) in [5, 5.41) is 7.31. The molecule has 0 saturated carbocycles. The summed E-state index contributed by atoms with van der Waals surface area (Å²) in [6.45, 7) is 14.0. The van der Waals surface area contributed by atoms with Crippen LogP contribution in [0, 0.1) is 0 Å². The van der Waals surface area contributed by atoms with Crippen molar-refractivity contribution in [1.82, 2.24) is 14.9 Å². The first-order chi connectivity index (χ1) is 13.2. The van der Waals surface area contributed by atoms with Crippen LogP contribution in [0.3, 0.4) is 0 Å². The number of carbonyl (C=O) groups is 1. The number of nitrogens with zero attached hydrogens (tertiary/aromatic N) is 3. The van der Waals surface area contributed by atoms with E-state index in [0.717, 1.165) is 18.6 Å². The quantitative estimate of drug-likeness (QED) is 0.607. The molecule has 2 aromatic rings. The Kier molecular flexibility index (Phi) is 7.22. The first-order valence-electron chi connectivity index (χ1n) is 10.1. The van der Waals surface area contributed by atoms with E-state index in [1.54, 1.807) is 0 Å². The van der Waals surface area contributed by atoms with Crippen LogP contribution in [0.15, 0.2) is 30.9 Å². The largest absolute Gasteiger partial charge is 0.493 e. The molecule has 28 heavy (non-hydrogen) atoms. The molecule has 1 aromatic carbocycles. The summed E-state index contributed by atoms with van der Waals surface area (Å²) in [5.41, 5.74) is 5.44. The maximum absolute atomic E-state index is 11.9. The molecule has 0 atom stereocenters. The number of hydrogen-bond donors (Lipinski definition) is 1. The molecular weight excluding hydrogens is 352 g/mol. The number of hydrogen-bond acceptors (Lipinski definition) is 4. The second kappa shape index (κ2) is 9.22. The fraction of sp³-hybridized carbons (Fsp3) is 0.591. The van der Waals surface area contributed by atoms with Gasteiger partial charge in [-0.05, 0) is 41.7 Å². The van der Waals surface area contributed by atoms with E-state index in [1.807, 2.05) is 0 Å². The number of ether oxygens (including phenoxy) is 1. The van der Waals surface area contributed by atoms with Gasteiger partial charge in [0.25, 0.3) is 0 Å². The Morgan fingerprint density at radius 2 is 1.71 bits per heavy atom. The normalized spacial score (nSPS) is 12.1. The van der Waals surface area contributed by atoms with Crippen LogP contribution in [0.4, 0.5) is 0 Å². The Hall–Kier alpha value is -2.37. The van der Waals surface area contributed by atoms with E-state index in [4.69, 9.17) is 4.74 Å². The lowest BCUT2D eigenvalue weighted by atomic mass is 9.76. The van der Waals surface area contributed by atoms with E-state index in [2.05, 4.69) is 75.4 Å². The zero-order valence-electron chi connectivity index (χ0n) is 18.1. The molecule has 2 rings (SSSR count). The van der Waals surface area contributed by atoms with Crippen molar-refractivity contribution in [3.8, 4) is 5.75 Å². The van der Waals surface area contributed by atoms with Crippen molar-refractivity contribution in [2.45, 2.75) is 78.1 Å². The number of nitrogens with one attached hydrogen (secondary N) is 1. The SMILES string of the molecule is CCC(C)(C)c1ccc(OCCCC(=O)Nn2cnnc2)c(C(C)(C)CC)c1. The van der Waals surface area contributed by atoms with Crippen LogP contribution in [-0.4, -0.2) is 27.4 Å². The summed E-state index contributed by atoms with van der Waals surface area (Å²) in [5.74, 6) is 0.833. The van der Waals surface area contributed by atoms with Gasteiger partial charge in [-0.15, -0.1) is 10.2 Å². The molecule has 0 saturated heterocycles. The highest BCUT2D eigenvalue weighted by Gasteiger charge is 2.26. The Bertz CT molecular complexity index is 767. The number of benzene rings is 1. The highest BCUT2D eigenvalue weighted by atomic mass is 16.5. The van der Waals surface area contributed by atoms with E-state index in [9.17, 15) is 4.79 Å². The van der Waals surface area contributed by atoms with Gasteiger partial charge in [0.05, 0.1) is 6.61 Å². The average Bonchev–Trinajstić information content (AvgIpc) is 3.18. The first kappa shape index (κ1) is 21.9. The lowest BCUT2D eigenvalue weighted by molar-refractivity contribution is -0.117. The van der Waals surface area contributed by atoms with E-state index >= 15 is 0 Å². The highest BCUT2D eigenvalue weighted by Crippen LogP contribution is 2.38. The summed E-state index contributed by atoms with van der Waals surface area (Å²) >= 11 is 0. The van der Waals surface area contributed by atoms with Gasteiger partial charge < -0.3 is 4.74 Å². The van der Waals surface area contributed by atoms with Gasteiger partial charge in [-0.25, -0.2) is 4.68 Å². The van der Waals surface area contributed by atoms with E-state index in [0.29, 0.717) is 19.4 Å². The third-order valence-corrected chi connectivity index (χ3v) is 5.74. The third kappa shape index (κ3) is 5.57. The molecule has 0 radical (unpaired) electrons. The molecule has 0 spiro atoms. The first-order valence-corrected chi connectivity index (χ1v) is 10.1. The van der Waals surface area contributed by atoms with Crippen molar-refractivity contribution in [1.29, 1.82) is 0 Å². The van der Waals surface area contributed by atoms with E-state index in [1.165, 1.54) is 28.5 Å². The van der Waals surface area contributed by atoms with Gasteiger partial charge in [-0.2, -0.15) is 0 Å². The van der Waals surface area contributed by atoms with Gasteiger partial charge >= 0.3 is 0 Å². The molecule has 0 aliphatic carbocycles. The van der Waals surface area contributed by atoms with Crippen LogP contribution in [-0.2, 0) is 15.6 Å². The van der Waals surface area contributed by atoms with Crippen LogP contribution in [0.1, 0.15) is 78.4 Å². The van der Waals surface area contributed by atoms with E-state index < -0.39 is 0 Å². The summed E-state index contributed by atoms with van der Waals surface area (Å²) in [6.07, 6.45) is 6.04. The molecule has 0 bridgehead atoms. The number of rotatable bonds is 10. The minimum atomic E-state index is -0.0856. The number of carbonyl (C=O) groups excluding carboxylic acids is 1. The monoisotopic (exact) mass is 386 g/mol. The topological polar surface area (TPSA) is 69.0 Å². The van der Waals surface area contributed by atoms with Gasteiger partial charge in [0, 0.05) is 12.0 Å². The lowest BCUT2D eigenvalue weighted by Crippen LogP contribution is -2.22. The van der Waals surface area contributed by atoms with Crippen LogP contribution in [0.5, 0.6) is 5.75 Å². The average molecular weight is 387 g/mol. The molecule has 1 N–H and O–H groups in total. The van der Waals surface area contributed by atoms with E-state index in [-0.39, 0.29) is 16.7 Å². The molecule has 6 heteroatoms. The van der Waals surface area contributed by atoms with Gasteiger partial charge in [-0.1, -0.05) is 53.7 Å². The molecular formula is C22H34N4O2. The van der Waals surface area contributed by atoms with Crippen molar-refractivity contribution >= 4 is 5.91 Å². The molecule has 6 nitrogen and oxygen atoms in total. The van der Waals surface area contributed by atoms with Gasteiger partial charge in [0.1, 0.15) is 18.4 Å². The van der Waals surface area contributed by atoms with Gasteiger partial charge in [0.2, 0.25) is 5.91 Å². The van der Waals surface area contributed by atoms with Gasteiger partial charge in [-0.3, -0.25) is 10.2 Å². The van der Waals surface area contributed by atoms with Crippen molar-refractivity contribution in [2.75, 3.05) is 12.0 Å². The fourth-order valence-corrected chi connectivity index (χ4v) is 2.87. The minimum absolute atomic E-state index is 0.0287. The molecule has 1 heterocycles. The molecule has 0 unspecified atom stereocenters. The minimum Gasteiger partial charge on any atom is -0.493 e. The highest BCUT2D eigenvalue weighted by molar-refractivity contribution is 5.83. The van der Waals surface area contributed by atoms with Crippen molar-refractivity contribution < 1.29 is 9.53 Å². The predicted molar refractivity (Wildman–Crippen MR) is 112 cm³/mol. The standard InChI is InChI=1S/C22H34N4O2/c1-7-21(3,4)17-11-12-19(18(14-17)22(5,6)8-2)28-13-9-10-20(27)25-26-15-23-24-16-26/h11-12,14-16H,7-10,13H2,1-6H3,(H,25,27). The number of aromatic nitrogens is 3. The number of amides is 1. The summed E-state index contributed by atoms with van der Waals surface area (Å²) < 4.78 is 7.54. The van der Waals surface area contributed by atoms with Crippen molar-refractivity contribution in [3.63, 3.8) is 0 Å². The van der Waals surface area contributed by atoms with Crippen LogP contribution in [0.2, 0.25) is 0 Å². The Morgan fingerprint density at radius 3 is 2.32 bits per heavy atom. The summed E-state index contributed by atoms with van der Waals surface area (Å²) in [6, 6.07) is 6.57. The predicted octanol–water partition coefficient (Wildman–Crippen LogP) is 4.58. The molecule has 0 fully saturated rings. The summed E-state index contributed by atoms with van der Waals surface area (Å²) in [7, 11) is 0. The van der Waals surface area contributed by atoms with Crippen molar-refractivity contribution in [3.05, 3.63) is 42.0 Å². The van der Waals surface area contributed by atoms with Crippen molar-refractivity contribution in [2.24, 2.45) is 0 Å². The van der Waals surface area contributed by atoms with Crippen LogP contribution >= 0.6 is 0 Å². The molecule has 154 valence electrons. The zero-order chi connectivity index (χ0) is 20.8. The maximum Gasteiger partial charge on any atom is 0.239 e. The Balaban J connectivity index is 2.02. The lowest BCUT2D eigenvalue weighted by Gasteiger charge is -2.30. The van der Waals surface area contributed by atoms with Crippen LogP contribution < -0.4 is 10.2 Å². The van der Waals surface area contributed by atoms with Crippen LogP contribution in [0.25, 0.3) is 0 Å². The molecule has 0 aliphatic heterocycles. The second-order valence-electron chi connectivity index (χ2n) is 8.54.